The van der Waals surface area contributed by atoms with Crippen molar-refractivity contribution >= 4 is 107 Å². The molecule has 26 heavy (non-hydrogen) atoms. The maximum Gasteiger partial charge on any atom is 0.0527 e. The Morgan fingerprint density at radius 1 is 0.346 bits per heavy atom. The molecule has 4 heteroatoms. The molecule has 3 aromatic carbocycles. The van der Waals surface area contributed by atoms with Gasteiger partial charge < -0.3 is 0 Å². The third-order valence-corrected chi connectivity index (χ3v) is 9.38. The van der Waals surface area contributed by atoms with E-state index in [-0.39, 0.29) is 0 Å². The molecule has 0 amide bonds. The molecule has 0 N–H and O–H groups in total. The largest absolute Gasteiger partial charge is 0.142 e. The Kier molecular flexibility index (Phi) is 2.63. The molecule has 0 saturated heterocycles. The van der Waals surface area contributed by atoms with E-state index in [1.165, 1.54) is 61.9 Å². The van der Waals surface area contributed by atoms with Gasteiger partial charge in [0.25, 0.3) is 0 Å². The van der Waals surface area contributed by atoms with Crippen LogP contribution in [0.5, 0.6) is 0 Å². The van der Waals surface area contributed by atoms with Crippen LogP contribution in [0.25, 0.3) is 61.9 Å². The first-order valence-electron chi connectivity index (χ1n) is 8.40. The van der Waals surface area contributed by atoms with Gasteiger partial charge in [0.15, 0.2) is 0 Å². The summed E-state index contributed by atoms with van der Waals surface area (Å²) in [4.78, 5) is 0. The second-order valence-electron chi connectivity index (χ2n) is 6.60. The van der Waals surface area contributed by atoms with Crippen LogP contribution < -0.4 is 0 Å². The van der Waals surface area contributed by atoms with Crippen LogP contribution >= 0.6 is 45.3 Å². The highest BCUT2D eigenvalue weighted by molar-refractivity contribution is 7.26. The van der Waals surface area contributed by atoms with Crippen molar-refractivity contribution < 1.29 is 0 Å². The summed E-state index contributed by atoms with van der Waals surface area (Å²) in [5.41, 5.74) is 0. The Labute approximate surface area is 164 Å². The van der Waals surface area contributed by atoms with E-state index in [1.54, 1.807) is 0 Å². The molecule has 0 aliphatic carbocycles. The standard InChI is InChI=1S/C22H10S4/c1-5-23-19-11(1)15-9-17-13-3-7-25-21(13)22-14(4-8-26-22)18(17)10-16(15)12-2-6-24-20(12)19/h1-10H. The third-order valence-electron chi connectivity index (χ3n) is 5.39. The molecule has 0 bridgehead atoms. The molecule has 0 spiro atoms. The quantitative estimate of drug-likeness (QED) is 0.222. The second-order valence-corrected chi connectivity index (χ2v) is 10.3. The minimum absolute atomic E-state index is 1.39. The maximum absolute atomic E-state index is 2.45. The van der Waals surface area contributed by atoms with Gasteiger partial charge in [-0.3, -0.25) is 0 Å². The Morgan fingerprint density at radius 3 is 0.885 bits per heavy atom. The average Bonchev–Trinajstić information content (AvgIpc) is 3.46. The van der Waals surface area contributed by atoms with Crippen LogP contribution in [0.1, 0.15) is 0 Å². The van der Waals surface area contributed by atoms with Gasteiger partial charge in [0.2, 0.25) is 0 Å². The number of benzene rings is 3. The molecule has 7 aromatic rings. The predicted molar refractivity (Wildman–Crippen MR) is 123 cm³/mol. The lowest BCUT2D eigenvalue weighted by atomic mass is 9.96. The van der Waals surface area contributed by atoms with Gasteiger partial charge >= 0.3 is 0 Å². The fourth-order valence-electron chi connectivity index (χ4n) is 4.28. The predicted octanol–water partition coefficient (Wildman–Crippen LogP) is 8.85. The van der Waals surface area contributed by atoms with Crippen molar-refractivity contribution in [1.82, 2.24) is 0 Å². The molecule has 7 rings (SSSR count). The molecule has 0 nitrogen and oxygen atoms in total. The number of hydrogen-bond acceptors (Lipinski definition) is 4. The van der Waals surface area contributed by atoms with Gasteiger partial charge in [-0.1, -0.05) is 0 Å². The van der Waals surface area contributed by atoms with Crippen LogP contribution in [0.2, 0.25) is 0 Å². The molecular weight excluding hydrogens is 393 g/mol. The van der Waals surface area contributed by atoms with E-state index in [0.717, 1.165) is 0 Å². The highest BCUT2D eigenvalue weighted by Gasteiger charge is 2.15. The van der Waals surface area contributed by atoms with Crippen LogP contribution in [0.15, 0.2) is 57.9 Å². The van der Waals surface area contributed by atoms with E-state index in [2.05, 4.69) is 57.9 Å². The molecule has 0 aliphatic heterocycles. The molecule has 4 heterocycles. The summed E-state index contributed by atoms with van der Waals surface area (Å²) >= 11 is 7.46. The highest BCUT2D eigenvalue weighted by Crippen LogP contribution is 2.46. The van der Waals surface area contributed by atoms with Crippen LogP contribution in [0.3, 0.4) is 0 Å². The van der Waals surface area contributed by atoms with Crippen molar-refractivity contribution in [1.29, 1.82) is 0 Å². The van der Waals surface area contributed by atoms with E-state index in [4.69, 9.17) is 0 Å². The molecule has 122 valence electrons. The summed E-state index contributed by atoms with van der Waals surface area (Å²) in [6.45, 7) is 0. The fourth-order valence-corrected chi connectivity index (χ4v) is 8.31. The lowest BCUT2D eigenvalue weighted by Gasteiger charge is -2.09. The van der Waals surface area contributed by atoms with Gasteiger partial charge in [-0.05, 0) is 79.5 Å². The fraction of sp³-hybridized carbons (Fsp3) is 0. The highest BCUT2D eigenvalue weighted by atomic mass is 32.1. The third kappa shape index (κ3) is 1.60. The van der Waals surface area contributed by atoms with Crippen molar-refractivity contribution in [3.8, 4) is 0 Å². The Bertz CT molecular complexity index is 1390. The number of rotatable bonds is 0. The normalized spacial score (nSPS) is 12.6. The maximum atomic E-state index is 2.45. The monoisotopic (exact) mass is 402 g/mol. The molecule has 0 radical (unpaired) electrons. The first-order chi connectivity index (χ1) is 12.9. The van der Waals surface area contributed by atoms with Crippen molar-refractivity contribution in [3.63, 3.8) is 0 Å². The van der Waals surface area contributed by atoms with Gasteiger partial charge in [0.05, 0.1) is 18.8 Å². The van der Waals surface area contributed by atoms with Crippen LogP contribution in [0, 0.1) is 0 Å². The summed E-state index contributed by atoms with van der Waals surface area (Å²) in [6.07, 6.45) is 0. The van der Waals surface area contributed by atoms with E-state index in [0.29, 0.717) is 0 Å². The molecular formula is C22H10S4. The van der Waals surface area contributed by atoms with Crippen molar-refractivity contribution in [2.75, 3.05) is 0 Å². The van der Waals surface area contributed by atoms with Crippen LogP contribution in [-0.4, -0.2) is 0 Å². The Balaban J connectivity index is 1.88. The molecule has 0 atom stereocenters. The zero-order valence-electron chi connectivity index (χ0n) is 13.4. The van der Waals surface area contributed by atoms with Gasteiger partial charge in [-0.15, -0.1) is 45.3 Å². The van der Waals surface area contributed by atoms with E-state index < -0.39 is 0 Å². The summed E-state index contributed by atoms with van der Waals surface area (Å²) in [6, 6.07) is 14.1. The lowest BCUT2D eigenvalue weighted by molar-refractivity contribution is 1.99. The van der Waals surface area contributed by atoms with Gasteiger partial charge in [0, 0.05) is 21.5 Å². The summed E-state index contributed by atoms with van der Waals surface area (Å²) in [5, 5.41) is 20.1. The lowest BCUT2D eigenvalue weighted by Crippen LogP contribution is -1.81. The second kappa shape index (κ2) is 4.84. The summed E-state index contributed by atoms with van der Waals surface area (Å²) < 4.78 is 5.72. The van der Waals surface area contributed by atoms with E-state index >= 15 is 0 Å². The number of hydrogen-bond donors (Lipinski definition) is 0. The zero-order valence-corrected chi connectivity index (χ0v) is 16.7. The number of fused-ring (bicyclic) bond motifs is 12. The van der Waals surface area contributed by atoms with Gasteiger partial charge in [0.1, 0.15) is 0 Å². The molecule has 0 aliphatic rings. The molecule has 4 aromatic heterocycles. The topological polar surface area (TPSA) is 0 Å². The van der Waals surface area contributed by atoms with Crippen LogP contribution in [-0.2, 0) is 0 Å². The number of thiophene rings is 4. The first kappa shape index (κ1) is 14.1. The minimum atomic E-state index is 1.39. The molecule has 0 fully saturated rings. The van der Waals surface area contributed by atoms with Crippen LogP contribution in [0.4, 0.5) is 0 Å². The first-order valence-corrected chi connectivity index (χ1v) is 11.9. The zero-order chi connectivity index (χ0) is 16.8. The van der Waals surface area contributed by atoms with Crippen molar-refractivity contribution in [3.05, 3.63) is 57.9 Å². The molecule has 0 unspecified atom stereocenters. The van der Waals surface area contributed by atoms with E-state index in [9.17, 15) is 0 Å². The smallest absolute Gasteiger partial charge is 0.0527 e. The van der Waals surface area contributed by atoms with E-state index in [1.807, 2.05) is 45.3 Å². The SMILES string of the molecule is c1cc2c3cc4c(cc3c3ccsc3c2s1)c1ccsc1c1sccc41. The summed E-state index contributed by atoms with van der Waals surface area (Å²) in [7, 11) is 0. The average molecular weight is 403 g/mol. The van der Waals surface area contributed by atoms with Crippen molar-refractivity contribution in [2.45, 2.75) is 0 Å². The summed E-state index contributed by atoms with van der Waals surface area (Å²) in [5.74, 6) is 0. The van der Waals surface area contributed by atoms with Gasteiger partial charge in [-0.25, -0.2) is 0 Å². The molecule has 0 saturated carbocycles. The van der Waals surface area contributed by atoms with Gasteiger partial charge in [-0.2, -0.15) is 0 Å². The minimum Gasteiger partial charge on any atom is -0.142 e. The Hall–Kier alpha value is -1.98. The Morgan fingerprint density at radius 2 is 0.615 bits per heavy atom. The van der Waals surface area contributed by atoms with Crippen molar-refractivity contribution in [2.24, 2.45) is 0 Å².